The first-order valence-corrected chi connectivity index (χ1v) is 4.59. The maximum absolute atomic E-state index is 5.43. The van der Waals surface area contributed by atoms with Crippen molar-refractivity contribution in [3.63, 3.8) is 0 Å². The zero-order valence-corrected chi connectivity index (χ0v) is 8.07. The number of fused-ring (bicyclic) bond motifs is 1. The topological polar surface area (TPSA) is 64.7 Å². The normalized spacial score (nSPS) is 10.7. The third-order valence-corrected chi connectivity index (χ3v) is 2.02. The molecule has 4 nitrogen and oxygen atoms in total. The second kappa shape index (κ2) is 3.67. The molecule has 14 heavy (non-hydrogen) atoms. The van der Waals surface area contributed by atoms with Gasteiger partial charge in [0, 0.05) is 6.42 Å². The van der Waals surface area contributed by atoms with Crippen molar-refractivity contribution >= 4 is 11.0 Å². The Hall–Kier alpha value is -1.55. The fraction of sp³-hybridized carbons (Fsp3) is 0.300. The lowest BCUT2D eigenvalue weighted by Gasteiger charge is -1.99. The van der Waals surface area contributed by atoms with Crippen LogP contribution in [0.4, 0.5) is 0 Å². The summed E-state index contributed by atoms with van der Waals surface area (Å²) in [6.45, 7) is 2.59. The van der Waals surface area contributed by atoms with Gasteiger partial charge in [0.25, 0.3) is 0 Å². The number of hydrogen-bond acceptors (Lipinski definition) is 4. The average molecular weight is 188 g/mol. The molecule has 0 saturated heterocycles. The third kappa shape index (κ3) is 1.70. The Labute approximate surface area is 82.2 Å². The van der Waals surface area contributed by atoms with E-state index in [9.17, 15) is 0 Å². The van der Waals surface area contributed by atoms with Gasteiger partial charge in [0.1, 0.15) is 5.52 Å². The van der Waals surface area contributed by atoms with Crippen LogP contribution in [-0.2, 0) is 6.42 Å². The molecule has 1 aromatic carbocycles. The van der Waals surface area contributed by atoms with Gasteiger partial charge in [0.15, 0.2) is 5.82 Å². The number of aryl methyl sites for hydroxylation is 1. The predicted octanol–water partition coefficient (Wildman–Crippen LogP) is 0.834. The van der Waals surface area contributed by atoms with Gasteiger partial charge >= 0.3 is 0 Å². The molecule has 0 fully saturated rings. The first kappa shape index (κ1) is 9.02. The monoisotopic (exact) mass is 188 g/mol. The Bertz CT molecular complexity index is 453. The fourth-order valence-corrected chi connectivity index (χ4v) is 1.32. The summed E-state index contributed by atoms with van der Waals surface area (Å²) < 4.78 is 0. The van der Waals surface area contributed by atoms with Crippen molar-refractivity contribution in [2.24, 2.45) is 5.73 Å². The molecule has 0 aliphatic heterocycles. The van der Waals surface area contributed by atoms with Crippen molar-refractivity contribution in [1.29, 1.82) is 0 Å². The SMILES string of the molecule is Cc1ccc2nnc(CCN)nc2c1. The van der Waals surface area contributed by atoms with Crippen molar-refractivity contribution in [3.05, 3.63) is 29.6 Å². The minimum absolute atomic E-state index is 0.555. The van der Waals surface area contributed by atoms with E-state index in [0.717, 1.165) is 11.0 Å². The quantitative estimate of drug-likeness (QED) is 0.758. The molecular formula is C10H12N4. The maximum atomic E-state index is 5.43. The van der Waals surface area contributed by atoms with Crippen LogP contribution in [0.3, 0.4) is 0 Å². The van der Waals surface area contributed by atoms with E-state index < -0.39 is 0 Å². The van der Waals surface area contributed by atoms with Gasteiger partial charge in [-0.05, 0) is 31.2 Å². The molecule has 0 unspecified atom stereocenters. The van der Waals surface area contributed by atoms with E-state index in [1.165, 1.54) is 5.56 Å². The van der Waals surface area contributed by atoms with E-state index in [1.54, 1.807) is 0 Å². The number of benzene rings is 1. The van der Waals surface area contributed by atoms with Gasteiger partial charge in [-0.2, -0.15) is 0 Å². The average Bonchev–Trinajstić information content (AvgIpc) is 2.17. The summed E-state index contributed by atoms with van der Waals surface area (Å²) in [6, 6.07) is 5.93. The molecule has 72 valence electrons. The second-order valence-corrected chi connectivity index (χ2v) is 3.26. The molecule has 1 aromatic heterocycles. The lowest BCUT2D eigenvalue weighted by atomic mass is 10.2. The Balaban J connectivity index is 2.52. The second-order valence-electron chi connectivity index (χ2n) is 3.26. The highest BCUT2D eigenvalue weighted by Crippen LogP contribution is 2.10. The third-order valence-electron chi connectivity index (χ3n) is 2.02. The maximum Gasteiger partial charge on any atom is 0.152 e. The van der Waals surface area contributed by atoms with Gasteiger partial charge < -0.3 is 5.73 Å². The molecule has 0 spiro atoms. The van der Waals surface area contributed by atoms with E-state index >= 15 is 0 Å². The minimum atomic E-state index is 0.555. The van der Waals surface area contributed by atoms with Crippen molar-refractivity contribution in [1.82, 2.24) is 15.2 Å². The molecule has 0 radical (unpaired) electrons. The Kier molecular flexibility index (Phi) is 2.37. The van der Waals surface area contributed by atoms with Gasteiger partial charge in [-0.3, -0.25) is 0 Å². The smallest absolute Gasteiger partial charge is 0.152 e. The van der Waals surface area contributed by atoms with Crippen molar-refractivity contribution < 1.29 is 0 Å². The van der Waals surface area contributed by atoms with Crippen LogP contribution in [0.1, 0.15) is 11.4 Å². The molecule has 2 rings (SSSR count). The van der Waals surface area contributed by atoms with E-state index in [2.05, 4.69) is 15.2 Å². The first-order valence-electron chi connectivity index (χ1n) is 4.59. The van der Waals surface area contributed by atoms with E-state index in [4.69, 9.17) is 5.73 Å². The summed E-state index contributed by atoms with van der Waals surface area (Å²) in [5.74, 6) is 0.714. The summed E-state index contributed by atoms with van der Waals surface area (Å²) in [5, 5.41) is 8.06. The molecule has 0 saturated carbocycles. The molecule has 0 aliphatic carbocycles. The molecule has 4 heteroatoms. The molecular weight excluding hydrogens is 176 g/mol. The van der Waals surface area contributed by atoms with Crippen LogP contribution in [-0.4, -0.2) is 21.7 Å². The molecule has 0 aliphatic rings. The standard InChI is InChI=1S/C10H12N4/c1-7-2-3-8-9(6-7)12-10(4-5-11)14-13-8/h2-3,6H,4-5,11H2,1H3. The number of rotatable bonds is 2. The highest BCUT2D eigenvalue weighted by Gasteiger charge is 2.00. The molecule has 0 amide bonds. The van der Waals surface area contributed by atoms with Crippen molar-refractivity contribution in [2.45, 2.75) is 13.3 Å². The molecule has 1 heterocycles. The summed E-state index contributed by atoms with van der Waals surface area (Å²) in [6.07, 6.45) is 0.677. The Morgan fingerprint density at radius 3 is 2.86 bits per heavy atom. The van der Waals surface area contributed by atoms with Crippen LogP contribution in [0.5, 0.6) is 0 Å². The van der Waals surface area contributed by atoms with Crippen LogP contribution >= 0.6 is 0 Å². The Morgan fingerprint density at radius 1 is 1.21 bits per heavy atom. The van der Waals surface area contributed by atoms with Crippen LogP contribution in [0.15, 0.2) is 18.2 Å². The zero-order valence-electron chi connectivity index (χ0n) is 8.07. The van der Waals surface area contributed by atoms with E-state index in [0.29, 0.717) is 18.8 Å². The van der Waals surface area contributed by atoms with Gasteiger partial charge in [-0.25, -0.2) is 4.98 Å². The lowest BCUT2D eigenvalue weighted by molar-refractivity contribution is 0.832. The van der Waals surface area contributed by atoms with Gasteiger partial charge in [0.05, 0.1) is 5.52 Å². The van der Waals surface area contributed by atoms with E-state index in [1.807, 2.05) is 25.1 Å². The molecule has 0 atom stereocenters. The molecule has 2 aromatic rings. The summed E-state index contributed by atoms with van der Waals surface area (Å²) in [4.78, 5) is 4.37. The summed E-state index contributed by atoms with van der Waals surface area (Å²) in [5.41, 5.74) is 8.33. The predicted molar refractivity (Wildman–Crippen MR) is 54.8 cm³/mol. The van der Waals surface area contributed by atoms with Crippen LogP contribution in [0.2, 0.25) is 0 Å². The Morgan fingerprint density at radius 2 is 2.07 bits per heavy atom. The fourth-order valence-electron chi connectivity index (χ4n) is 1.32. The lowest BCUT2D eigenvalue weighted by Crippen LogP contribution is -2.07. The number of nitrogens with two attached hydrogens (primary N) is 1. The van der Waals surface area contributed by atoms with E-state index in [-0.39, 0.29) is 0 Å². The molecule has 2 N–H and O–H groups in total. The van der Waals surface area contributed by atoms with Crippen molar-refractivity contribution in [2.75, 3.05) is 6.54 Å². The van der Waals surface area contributed by atoms with Crippen LogP contribution in [0, 0.1) is 6.92 Å². The zero-order chi connectivity index (χ0) is 9.97. The highest BCUT2D eigenvalue weighted by atomic mass is 15.1. The first-order chi connectivity index (χ1) is 6.79. The van der Waals surface area contributed by atoms with Gasteiger partial charge in [-0.15, -0.1) is 10.2 Å². The number of nitrogens with zero attached hydrogens (tertiary/aromatic N) is 3. The summed E-state index contributed by atoms with van der Waals surface area (Å²) >= 11 is 0. The number of aromatic nitrogens is 3. The van der Waals surface area contributed by atoms with Crippen molar-refractivity contribution in [3.8, 4) is 0 Å². The largest absolute Gasteiger partial charge is 0.330 e. The highest BCUT2D eigenvalue weighted by molar-refractivity contribution is 5.74. The van der Waals surface area contributed by atoms with Gasteiger partial charge in [-0.1, -0.05) is 6.07 Å². The van der Waals surface area contributed by atoms with Crippen LogP contribution in [0.25, 0.3) is 11.0 Å². The summed E-state index contributed by atoms with van der Waals surface area (Å²) in [7, 11) is 0. The van der Waals surface area contributed by atoms with Gasteiger partial charge in [0.2, 0.25) is 0 Å². The van der Waals surface area contributed by atoms with Crippen LogP contribution < -0.4 is 5.73 Å². The molecule has 0 bridgehead atoms. The number of hydrogen-bond donors (Lipinski definition) is 1. The minimum Gasteiger partial charge on any atom is -0.330 e.